The predicted octanol–water partition coefficient (Wildman–Crippen LogP) is 4.66. The van der Waals surface area contributed by atoms with Crippen molar-refractivity contribution in [3.63, 3.8) is 0 Å². The number of benzene rings is 3. The molecule has 3 aromatic rings. The van der Waals surface area contributed by atoms with E-state index in [1.54, 1.807) is 12.1 Å². The Morgan fingerprint density at radius 1 is 0.938 bits per heavy atom. The van der Waals surface area contributed by atoms with Crippen molar-refractivity contribution in [2.24, 2.45) is 5.73 Å². The molecule has 1 aliphatic heterocycles. The van der Waals surface area contributed by atoms with Gasteiger partial charge in [0.1, 0.15) is 0 Å². The number of para-hydroxylation sites is 1. The second-order valence-corrected chi connectivity index (χ2v) is 8.35. The van der Waals surface area contributed by atoms with Gasteiger partial charge in [0, 0.05) is 37.3 Å². The van der Waals surface area contributed by atoms with Crippen LogP contribution in [0, 0.1) is 18.8 Å². The number of amides is 1. The molecule has 1 unspecified atom stereocenters. The number of hydrogen-bond acceptors (Lipinski definition) is 3. The van der Waals surface area contributed by atoms with Gasteiger partial charge in [0.25, 0.3) is 0 Å². The summed E-state index contributed by atoms with van der Waals surface area (Å²) in [6.07, 6.45) is 0. The number of primary amides is 1. The molecule has 1 atom stereocenters. The van der Waals surface area contributed by atoms with Crippen molar-refractivity contribution in [1.29, 1.82) is 0 Å². The van der Waals surface area contributed by atoms with Crippen molar-refractivity contribution in [2.75, 3.05) is 31.1 Å². The smallest absolute Gasteiger partial charge is 0.248 e. The predicted molar refractivity (Wildman–Crippen MR) is 131 cm³/mol. The van der Waals surface area contributed by atoms with Crippen LogP contribution in [0.4, 0.5) is 5.69 Å². The zero-order valence-corrected chi connectivity index (χ0v) is 18.8. The molecule has 1 saturated heterocycles. The van der Waals surface area contributed by atoms with Crippen LogP contribution in [0.1, 0.15) is 33.1 Å². The molecule has 3 aromatic carbocycles. The van der Waals surface area contributed by atoms with Gasteiger partial charge in [0.15, 0.2) is 0 Å². The monoisotopic (exact) mass is 443 g/mol. The van der Waals surface area contributed by atoms with Crippen LogP contribution < -0.4 is 10.6 Å². The minimum atomic E-state index is -0.432. The third-order valence-corrected chi connectivity index (χ3v) is 6.20. The van der Waals surface area contributed by atoms with E-state index in [2.05, 4.69) is 58.9 Å². The van der Waals surface area contributed by atoms with Gasteiger partial charge in [0.05, 0.1) is 16.8 Å². The van der Waals surface area contributed by atoms with E-state index in [1.165, 1.54) is 11.1 Å². The van der Waals surface area contributed by atoms with Crippen LogP contribution in [0.25, 0.3) is 0 Å². The molecule has 2 N–H and O–H groups in total. The molecule has 0 saturated carbocycles. The van der Waals surface area contributed by atoms with Gasteiger partial charge in [-0.3, -0.25) is 9.69 Å². The topological polar surface area (TPSA) is 49.6 Å². The number of carbonyl (C=O) groups is 1. The van der Waals surface area contributed by atoms with Crippen molar-refractivity contribution in [1.82, 2.24) is 4.90 Å². The largest absolute Gasteiger partial charge is 0.368 e. The molecule has 1 fully saturated rings. The fraction of sp³-hybridized carbons (Fsp3) is 0.222. The summed E-state index contributed by atoms with van der Waals surface area (Å²) in [5.41, 5.74) is 10.2. The van der Waals surface area contributed by atoms with Crippen LogP contribution in [0.3, 0.4) is 0 Å². The van der Waals surface area contributed by atoms with Gasteiger partial charge >= 0.3 is 0 Å². The first-order chi connectivity index (χ1) is 15.5. The van der Waals surface area contributed by atoms with E-state index in [9.17, 15) is 4.79 Å². The maximum absolute atomic E-state index is 11.3. The van der Waals surface area contributed by atoms with Crippen LogP contribution in [0.5, 0.6) is 0 Å². The van der Waals surface area contributed by atoms with Crippen molar-refractivity contribution in [3.8, 4) is 11.8 Å². The second-order valence-electron chi connectivity index (χ2n) is 7.94. The first kappa shape index (κ1) is 22.0. The average Bonchev–Trinajstić information content (AvgIpc) is 2.81. The summed E-state index contributed by atoms with van der Waals surface area (Å²) in [6, 6.07) is 23.5. The molecule has 4 rings (SSSR count). The Kier molecular flexibility index (Phi) is 6.80. The lowest BCUT2D eigenvalue weighted by Crippen LogP contribution is -2.47. The van der Waals surface area contributed by atoms with Gasteiger partial charge in [0.2, 0.25) is 5.91 Å². The third-order valence-electron chi connectivity index (χ3n) is 5.88. The highest BCUT2D eigenvalue weighted by Crippen LogP contribution is 2.29. The number of halogens is 1. The average molecular weight is 444 g/mol. The van der Waals surface area contributed by atoms with E-state index in [-0.39, 0.29) is 6.04 Å². The molecular formula is C27H26ClN3O. The van der Waals surface area contributed by atoms with Gasteiger partial charge in [-0.15, -0.1) is 0 Å². The molecule has 0 spiro atoms. The fourth-order valence-corrected chi connectivity index (χ4v) is 4.31. The maximum Gasteiger partial charge on any atom is 0.248 e. The molecule has 162 valence electrons. The number of nitrogens with two attached hydrogens (primary N) is 1. The molecule has 0 aromatic heterocycles. The van der Waals surface area contributed by atoms with Crippen LogP contribution >= 0.6 is 11.6 Å². The molecule has 0 radical (unpaired) electrons. The molecule has 1 heterocycles. The van der Waals surface area contributed by atoms with Crippen molar-refractivity contribution in [3.05, 3.63) is 100 Å². The third kappa shape index (κ3) is 4.96. The quantitative estimate of drug-likeness (QED) is 0.596. The van der Waals surface area contributed by atoms with Gasteiger partial charge < -0.3 is 10.6 Å². The Morgan fingerprint density at radius 3 is 2.25 bits per heavy atom. The van der Waals surface area contributed by atoms with E-state index >= 15 is 0 Å². The summed E-state index contributed by atoms with van der Waals surface area (Å²) in [4.78, 5) is 16.1. The number of nitrogens with zero attached hydrogens (tertiary/aromatic N) is 2. The van der Waals surface area contributed by atoms with Crippen molar-refractivity contribution >= 4 is 23.2 Å². The van der Waals surface area contributed by atoms with Crippen molar-refractivity contribution in [2.45, 2.75) is 13.0 Å². The highest BCUT2D eigenvalue weighted by molar-refractivity contribution is 6.33. The highest BCUT2D eigenvalue weighted by atomic mass is 35.5. The molecule has 0 aliphatic carbocycles. The summed E-state index contributed by atoms with van der Waals surface area (Å²) in [6.45, 7) is 5.69. The number of piperazine rings is 1. The van der Waals surface area contributed by atoms with Gasteiger partial charge in [-0.05, 0) is 54.4 Å². The summed E-state index contributed by atoms with van der Waals surface area (Å²) in [5, 5.41) is 0.788. The van der Waals surface area contributed by atoms with Gasteiger partial charge in [-0.25, -0.2) is 0 Å². The SMILES string of the molecule is Cc1ccccc1C(C#Cc1ccc(C(N)=O)cc1)N1CCN(c2ccccc2Cl)CC1. The van der Waals surface area contributed by atoms with E-state index in [0.29, 0.717) is 5.56 Å². The van der Waals surface area contributed by atoms with Gasteiger partial charge in [-0.2, -0.15) is 0 Å². The normalized spacial score (nSPS) is 15.0. The first-order valence-electron chi connectivity index (χ1n) is 10.7. The zero-order chi connectivity index (χ0) is 22.5. The summed E-state index contributed by atoms with van der Waals surface area (Å²) >= 11 is 6.41. The standard InChI is InChI=1S/C27H26ClN3O/c1-20-6-2-3-7-23(20)25(15-12-21-10-13-22(14-11-21)27(29)32)30-16-18-31(19-17-30)26-9-5-4-8-24(26)28/h2-11,13-14,25H,16-19H2,1H3,(H2,29,32). The highest BCUT2D eigenvalue weighted by Gasteiger charge is 2.25. The minimum Gasteiger partial charge on any atom is -0.368 e. The van der Waals surface area contributed by atoms with E-state index < -0.39 is 5.91 Å². The molecule has 1 aliphatic rings. The number of hydrogen-bond donors (Lipinski definition) is 1. The Labute approximate surface area is 194 Å². The zero-order valence-electron chi connectivity index (χ0n) is 18.1. The van der Waals surface area contributed by atoms with Crippen molar-refractivity contribution < 1.29 is 4.79 Å². The second kappa shape index (κ2) is 9.91. The molecule has 1 amide bonds. The number of anilines is 1. The van der Waals surface area contributed by atoms with Crippen LogP contribution in [0.2, 0.25) is 5.02 Å². The van der Waals surface area contributed by atoms with E-state index in [0.717, 1.165) is 42.5 Å². The molecular weight excluding hydrogens is 418 g/mol. The lowest BCUT2D eigenvalue weighted by Gasteiger charge is -2.39. The summed E-state index contributed by atoms with van der Waals surface area (Å²) in [5.74, 6) is 6.37. The van der Waals surface area contributed by atoms with Crippen LogP contribution in [-0.4, -0.2) is 37.0 Å². The lowest BCUT2D eigenvalue weighted by atomic mass is 9.99. The Morgan fingerprint density at radius 2 is 1.59 bits per heavy atom. The number of aryl methyl sites for hydroxylation is 1. The molecule has 0 bridgehead atoms. The first-order valence-corrected chi connectivity index (χ1v) is 11.1. The van der Waals surface area contributed by atoms with E-state index in [4.69, 9.17) is 17.3 Å². The van der Waals surface area contributed by atoms with E-state index in [1.807, 2.05) is 30.3 Å². The van der Waals surface area contributed by atoms with Crippen LogP contribution in [-0.2, 0) is 0 Å². The molecule has 5 heteroatoms. The Balaban J connectivity index is 1.57. The number of rotatable bonds is 4. The van der Waals surface area contributed by atoms with Crippen LogP contribution in [0.15, 0.2) is 72.8 Å². The maximum atomic E-state index is 11.3. The summed E-state index contributed by atoms with van der Waals surface area (Å²) in [7, 11) is 0. The fourth-order valence-electron chi connectivity index (χ4n) is 4.06. The molecule has 32 heavy (non-hydrogen) atoms. The lowest BCUT2D eigenvalue weighted by molar-refractivity contribution is 0.100. The molecule has 4 nitrogen and oxygen atoms in total. The minimum absolute atomic E-state index is 0.0135. The summed E-state index contributed by atoms with van der Waals surface area (Å²) < 4.78 is 0. The Hall–Kier alpha value is -3.26. The number of carbonyl (C=O) groups excluding carboxylic acids is 1. The van der Waals surface area contributed by atoms with Gasteiger partial charge in [-0.1, -0.05) is 59.8 Å². The Bertz CT molecular complexity index is 1160.